The van der Waals surface area contributed by atoms with Crippen molar-refractivity contribution in [2.45, 2.75) is 25.9 Å². The molecule has 3 aromatic carbocycles. The SMILES string of the molecule is CCOc1ccc(NC(=O)CC2C(=O)N(c3ccccc3)C(=O)N2Cc2cccc(OC)c2)cc1. The minimum Gasteiger partial charge on any atom is -0.497 e. The Morgan fingerprint density at radius 2 is 1.69 bits per heavy atom. The molecule has 35 heavy (non-hydrogen) atoms. The van der Waals surface area contributed by atoms with Crippen LogP contribution in [-0.4, -0.2) is 42.5 Å². The minimum absolute atomic E-state index is 0.159. The molecule has 0 aromatic heterocycles. The Bertz CT molecular complexity index is 1200. The van der Waals surface area contributed by atoms with E-state index in [4.69, 9.17) is 9.47 Å². The largest absolute Gasteiger partial charge is 0.497 e. The van der Waals surface area contributed by atoms with E-state index in [0.29, 0.717) is 29.5 Å². The van der Waals surface area contributed by atoms with Gasteiger partial charge in [-0.3, -0.25) is 9.59 Å². The average molecular weight is 474 g/mol. The third-order valence-electron chi connectivity index (χ3n) is 5.65. The number of nitrogens with zero attached hydrogens (tertiary/aromatic N) is 2. The summed E-state index contributed by atoms with van der Waals surface area (Å²) in [6, 6.07) is 21.6. The van der Waals surface area contributed by atoms with Crippen molar-refractivity contribution >= 4 is 29.2 Å². The van der Waals surface area contributed by atoms with Gasteiger partial charge < -0.3 is 19.7 Å². The molecule has 0 bridgehead atoms. The summed E-state index contributed by atoms with van der Waals surface area (Å²) < 4.78 is 10.7. The molecule has 1 fully saturated rings. The maximum absolute atomic E-state index is 13.4. The molecule has 1 aliphatic rings. The van der Waals surface area contributed by atoms with E-state index >= 15 is 0 Å². The molecule has 4 rings (SSSR count). The van der Waals surface area contributed by atoms with Crippen molar-refractivity contribution in [2.24, 2.45) is 0 Å². The zero-order chi connectivity index (χ0) is 24.8. The van der Waals surface area contributed by atoms with Gasteiger partial charge in [-0.2, -0.15) is 0 Å². The number of benzene rings is 3. The van der Waals surface area contributed by atoms with Crippen LogP contribution in [0.2, 0.25) is 0 Å². The van der Waals surface area contributed by atoms with Crippen molar-refractivity contribution in [3.05, 3.63) is 84.4 Å². The van der Waals surface area contributed by atoms with Gasteiger partial charge >= 0.3 is 6.03 Å². The molecule has 0 aliphatic carbocycles. The summed E-state index contributed by atoms with van der Waals surface area (Å²) in [6.07, 6.45) is -0.176. The third-order valence-corrected chi connectivity index (χ3v) is 5.65. The molecule has 0 saturated carbocycles. The zero-order valence-corrected chi connectivity index (χ0v) is 19.6. The van der Waals surface area contributed by atoms with Crippen molar-refractivity contribution in [1.29, 1.82) is 0 Å². The number of ether oxygens (including phenoxy) is 2. The van der Waals surface area contributed by atoms with E-state index in [0.717, 1.165) is 10.5 Å². The number of carbonyl (C=O) groups excluding carboxylic acids is 3. The van der Waals surface area contributed by atoms with Crippen LogP contribution >= 0.6 is 0 Å². The normalized spacial score (nSPS) is 15.3. The average Bonchev–Trinajstić information content (AvgIpc) is 3.10. The highest BCUT2D eigenvalue weighted by atomic mass is 16.5. The van der Waals surface area contributed by atoms with E-state index in [1.54, 1.807) is 67.8 Å². The van der Waals surface area contributed by atoms with Crippen LogP contribution in [0, 0.1) is 0 Å². The first-order chi connectivity index (χ1) is 17.0. The number of rotatable bonds is 9. The van der Waals surface area contributed by atoms with E-state index in [-0.39, 0.29) is 18.9 Å². The summed E-state index contributed by atoms with van der Waals surface area (Å²) in [5.41, 5.74) is 1.83. The molecule has 8 heteroatoms. The number of nitrogens with one attached hydrogen (secondary N) is 1. The second-order valence-corrected chi connectivity index (χ2v) is 8.00. The number of hydrogen-bond donors (Lipinski definition) is 1. The zero-order valence-electron chi connectivity index (χ0n) is 19.6. The first kappa shape index (κ1) is 23.8. The standard InChI is InChI=1S/C27H27N3O5/c1-3-35-22-14-12-20(13-15-22)28-25(31)17-24-26(32)30(21-9-5-4-6-10-21)27(33)29(24)18-19-8-7-11-23(16-19)34-2/h4-16,24H,3,17-18H2,1-2H3,(H,28,31). The monoisotopic (exact) mass is 473 g/mol. The molecule has 1 N–H and O–H groups in total. The van der Waals surface area contributed by atoms with Crippen LogP contribution in [-0.2, 0) is 16.1 Å². The summed E-state index contributed by atoms with van der Waals surface area (Å²) >= 11 is 0. The Morgan fingerprint density at radius 1 is 0.943 bits per heavy atom. The molecule has 8 nitrogen and oxygen atoms in total. The van der Waals surface area contributed by atoms with Crippen LogP contribution in [0.1, 0.15) is 18.9 Å². The van der Waals surface area contributed by atoms with Gasteiger partial charge in [0.05, 0.1) is 25.8 Å². The highest BCUT2D eigenvalue weighted by Gasteiger charge is 2.46. The van der Waals surface area contributed by atoms with Crippen LogP contribution in [0.4, 0.5) is 16.2 Å². The number of carbonyl (C=O) groups is 3. The lowest BCUT2D eigenvalue weighted by molar-refractivity contribution is -0.124. The topological polar surface area (TPSA) is 88.2 Å². The molecule has 0 radical (unpaired) electrons. The van der Waals surface area contributed by atoms with Crippen LogP contribution < -0.4 is 19.7 Å². The van der Waals surface area contributed by atoms with Crippen molar-refractivity contribution in [3.63, 3.8) is 0 Å². The third kappa shape index (κ3) is 5.43. The van der Waals surface area contributed by atoms with Gasteiger partial charge in [0.25, 0.3) is 5.91 Å². The van der Waals surface area contributed by atoms with Gasteiger partial charge in [0.2, 0.25) is 5.91 Å². The number of anilines is 2. The van der Waals surface area contributed by atoms with E-state index in [9.17, 15) is 14.4 Å². The van der Waals surface area contributed by atoms with Gasteiger partial charge in [0.15, 0.2) is 0 Å². The summed E-state index contributed by atoms with van der Waals surface area (Å²) in [7, 11) is 1.56. The molecule has 1 heterocycles. The van der Waals surface area contributed by atoms with Gasteiger partial charge in [-0.1, -0.05) is 30.3 Å². The van der Waals surface area contributed by atoms with E-state index < -0.39 is 18.0 Å². The molecule has 180 valence electrons. The Morgan fingerprint density at radius 3 is 2.37 bits per heavy atom. The number of amides is 4. The van der Waals surface area contributed by atoms with Gasteiger partial charge in [-0.25, -0.2) is 9.69 Å². The lowest BCUT2D eigenvalue weighted by Crippen LogP contribution is -2.37. The van der Waals surface area contributed by atoms with Gasteiger partial charge in [-0.15, -0.1) is 0 Å². The number of imide groups is 1. The molecule has 1 unspecified atom stereocenters. The maximum Gasteiger partial charge on any atom is 0.332 e. The quantitative estimate of drug-likeness (QED) is 0.464. The van der Waals surface area contributed by atoms with Crippen molar-refractivity contribution in [3.8, 4) is 11.5 Å². The van der Waals surface area contributed by atoms with Crippen LogP contribution in [0.5, 0.6) is 11.5 Å². The molecule has 0 spiro atoms. The number of para-hydroxylation sites is 1. The lowest BCUT2D eigenvalue weighted by atomic mass is 10.1. The molecule has 4 amide bonds. The van der Waals surface area contributed by atoms with Gasteiger partial charge in [-0.05, 0) is 61.0 Å². The lowest BCUT2D eigenvalue weighted by Gasteiger charge is -2.22. The second-order valence-electron chi connectivity index (χ2n) is 8.00. The molecule has 3 aromatic rings. The smallest absolute Gasteiger partial charge is 0.332 e. The van der Waals surface area contributed by atoms with Gasteiger partial charge in [0.1, 0.15) is 17.5 Å². The first-order valence-electron chi connectivity index (χ1n) is 11.4. The molecular formula is C27H27N3O5. The van der Waals surface area contributed by atoms with Crippen LogP contribution in [0.3, 0.4) is 0 Å². The highest BCUT2D eigenvalue weighted by Crippen LogP contribution is 2.29. The fourth-order valence-electron chi connectivity index (χ4n) is 3.98. The summed E-state index contributed by atoms with van der Waals surface area (Å²) in [4.78, 5) is 42.2. The van der Waals surface area contributed by atoms with Crippen LogP contribution in [0.15, 0.2) is 78.9 Å². The predicted octanol–water partition coefficient (Wildman–Crippen LogP) is 4.46. The number of urea groups is 1. The highest BCUT2D eigenvalue weighted by molar-refractivity contribution is 6.22. The fraction of sp³-hybridized carbons (Fsp3) is 0.222. The Hall–Kier alpha value is -4.33. The molecule has 1 saturated heterocycles. The van der Waals surface area contributed by atoms with Crippen molar-refractivity contribution in [1.82, 2.24) is 4.90 Å². The Labute approximate surface area is 204 Å². The maximum atomic E-state index is 13.4. The second kappa shape index (κ2) is 10.7. The molecule has 1 atom stereocenters. The first-order valence-corrected chi connectivity index (χ1v) is 11.4. The fourth-order valence-corrected chi connectivity index (χ4v) is 3.98. The summed E-state index contributed by atoms with van der Waals surface area (Å²) in [5.74, 6) is 0.534. The Kier molecular flexibility index (Phi) is 7.30. The molecular weight excluding hydrogens is 446 g/mol. The van der Waals surface area contributed by atoms with E-state index in [1.165, 1.54) is 4.90 Å². The summed E-state index contributed by atoms with van der Waals surface area (Å²) in [5, 5.41) is 2.81. The number of methoxy groups -OCH3 is 1. The summed E-state index contributed by atoms with van der Waals surface area (Å²) in [6.45, 7) is 2.60. The van der Waals surface area contributed by atoms with Crippen molar-refractivity contribution in [2.75, 3.05) is 23.9 Å². The van der Waals surface area contributed by atoms with E-state index in [1.807, 2.05) is 25.1 Å². The van der Waals surface area contributed by atoms with Gasteiger partial charge in [0, 0.05) is 12.2 Å². The van der Waals surface area contributed by atoms with Crippen LogP contribution in [0.25, 0.3) is 0 Å². The van der Waals surface area contributed by atoms with E-state index in [2.05, 4.69) is 5.32 Å². The molecule has 1 aliphatic heterocycles. The predicted molar refractivity (Wildman–Crippen MR) is 133 cm³/mol. The number of hydrogen-bond acceptors (Lipinski definition) is 5. The van der Waals surface area contributed by atoms with Crippen molar-refractivity contribution < 1.29 is 23.9 Å². The minimum atomic E-state index is -0.948. The Balaban J connectivity index is 1.56.